The van der Waals surface area contributed by atoms with E-state index in [0.717, 1.165) is 12.0 Å². The lowest BCUT2D eigenvalue weighted by molar-refractivity contribution is 0.143. The number of anilines is 1. The summed E-state index contributed by atoms with van der Waals surface area (Å²) in [5, 5.41) is 2.71. The van der Waals surface area contributed by atoms with E-state index in [0.29, 0.717) is 30.7 Å². The van der Waals surface area contributed by atoms with E-state index in [2.05, 4.69) is 25.0 Å². The van der Waals surface area contributed by atoms with Crippen LogP contribution in [-0.2, 0) is 27.8 Å². The molecule has 1 amide bonds. The zero-order chi connectivity index (χ0) is 24.7. The molecule has 2 heterocycles. The Kier molecular flexibility index (Phi) is 8.64. The summed E-state index contributed by atoms with van der Waals surface area (Å²) in [4.78, 5) is 24.3. The van der Waals surface area contributed by atoms with Crippen molar-refractivity contribution < 1.29 is 17.9 Å². The van der Waals surface area contributed by atoms with Crippen molar-refractivity contribution in [3.63, 3.8) is 0 Å². The number of halogens is 1. The molecule has 34 heavy (non-hydrogen) atoms. The Bertz CT molecular complexity index is 1230. The van der Waals surface area contributed by atoms with Crippen molar-refractivity contribution in [1.82, 2.24) is 29.6 Å². The predicted octanol–water partition coefficient (Wildman–Crippen LogP) is 2.70. The standard InChI is InChI=1S/C21H28ClN7O4S/c1-14(2)11-26-34(31,32)16-7-5-15(6-8-16)12-24-21(30)33-10-4-3-9-29-13-25-17-18(23)27-20(22)28-19(17)29/h5-8,13-14,26H,3-4,9-12H2,1-2H3,(H,24,30)(H2,23,27,28). The third-order valence-electron chi connectivity index (χ3n) is 4.84. The molecule has 0 atom stereocenters. The van der Waals surface area contributed by atoms with Gasteiger partial charge in [-0.2, -0.15) is 9.97 Å². The highest BCUT2D eigenvalue weighted by atomic mass is 35.5. The number of rotatable bonds is 11. The van der Waals surface area contributed by atoms with Crippen LogP contribution in [-0.4, -0.2) is 47.2 Å². The van der Waals surface area contributed by atoms with Gasteiger partial charge < -0.3 is 20.4 Å². The molecule has 184 valence electrons. The van der Waals surface area contributed by atoms with Crippen LogP contribution in [0.2, 0.25) is 5.28 Å². The third-order valence-corrected chi connectivity index (χ3v) is 6.45. The largest absolute Gasteiger partial charge is 0.450 e. The topological polar surface area (TPSA) is 154 Å². The van der Waals surface area contributed by atoms with Crippen LogP contribution in [0.1, 0.15) is 32.3 Å². The maximum Gasteiger partial charge on any atom is 0.407 e. The van der Waals surface area contributed by atoms with Crippen molar-refractivity contribution in [3.05, 3.63) is 41.4 Å². The minimum absolute atomic E-state index is 0.0609. The second-order valence-corrected chi connectivity index (χ2v) is 10.2. The third kappa shape index (κ3) is 7.02. The van der Waals surface area contributed by atoms with Crippen LogP contribution in [0, 0.1) is 5.92 Å². The molecule has 0 spiro atoms. The molecule has 2 aromatic heterocycles. The zero-order valence-electron chi connectivity index (χ0n) is 19.0. The molecule has 3 aromatic rings. The molecule has 3 rings (SSSR count). The number of hydrogen-bond acceptors (Lipinski definition) is 8. The summed E-state index contributed by atoms with van der Waals surface area (Å²) in [6.45, 7) is 5.31. The molecule has 4 N–H and O–H groups in total. The second kappa shape index (κ2) is 11.4. The van der Waals surface area contributed by atoms with Crippen LogP contribution in [0.25, 0.3) is 11.2 Å². The lowest BCUT2D eigenvalue weighted by Gasteiger charge is -2.10. The average Bonchev–Trinajstić information content (AvgIpc) is 3.19. The highest BCUT2D eigenvalue weighted by Crippen LogP contribution is 2.18. The molecule has 0 unspecified atom stereocenters. The minimum atomic E-state index is -3.54. The molecule has 1 aromatic carbocycles. The van der Waals surface area contributed by atoms with Gasteiger partial charge in [-0.1, -0.05) is 26.0 Å². The molecule has 0 saturated carbocycles. The fourth-order valence-corrected chi connectivity index (χ4v) is 4.41. The lowest BCUT2D eigenvalue weighted by Crippen LogP contribution is -2.27. The van der Waals surface area contributed by atoms with Gasteiger partial charge in [0.05, 0.1) is 17.8 Å². The smallest absolute Gasteiger partial charge is 0.407 e. The van der Waals surface area contributed by atoms with Crippen molar-refractivity contribution in [1.29, 1.82) is 0 Å². The number of sulfonamides is 1. The van der Waals surface area contributed by atoms with Crippen LogP contribution in [0.4, 0.5) is 10.6 Å². The summed E-state index contributed by atoms with van der Waals surface area (Å²) >= 11 is 5.86. The second-order valence-electron chi connectivity index (χ2n) is 8.07. The first-order valence-electron chi connectivity index (χ1n) is 10.8. The van der Waals surface area contributed by atoms with Gasteiger partial charge in [0.2, 0.25) is 15.3 Å². The van der Waals surface area contributed by atoms with E-state index < -0.39 is 16.1 Å². The summed E-state index contributed by atoms with van der Waals surface area (Å²) in [7, 11) is -3.54. The number of nitrogen functional groups attached to an aromatic ring is 1. The van der Waals surface area contributed by atoms with E-state index in [1.807, 2.05) is 18.4 Å². The summed E-state index contributed by atoms with van der Waals surface area (Å²) in [5.41, 5.74) is 7.61. The van der Waals surface area contributed by atoms with E-state index in [9.17, 15) is 13.2 Å². The predicted molar refractivity (Wildman–Crippen MR) is 129 cm³/mol. The highest BCUT2D eigenvalue weighted by molar-refractivity contribution is 7.89. The van der Waals surface area contributed by atoms with Crippen molar-refractivity contribution >= 4 is 44.7 Å². The lowest BCUT2D eigenvalue weighted by atomic mass is 10.2. The summed E-state index contributed by atoms with van der Waals surface area (Å²) in [6, 6.07) is 6.33. The number of nitrogens with two attached hydrogens (primary N) is 1. The Hall–Kier alpha value is -2.96. The highest BCUT2D eigenvalue weighted by Gasteiger charge is 2.14. The van der Waals surface area contributed by atoms with Gasteiger partial charge in [-0.05, 0) is 48.1 Å². The van der Waals surface area contributed by atoms with Crippen LogP contribution in [0.3, 0.4) is 0 Å². The van der Waals surface area contributed by atoms with Gasteiger partial charge in [0.25, 0.3) is 0 Å². The number of alkyl carbamates (subject to hydrolysis) is 1. The number of carbonyl (C=O) groups is 1. The molecule has 0 radical (unpaired) electrons. The molecule has 0 saturated heterocycles. The number of nitrogens with zero attached hydrogens (tertiary/aromatic N) is 4. The van der Waals surface area contributed by atoms with Gasteiger partial charge in [-0.3, -0.25) is 0 Å². The van der Waals surface area contributed by atoms with Gasteiger partial charge >= 0.3 is 6.09 Å². The Morgan fingerprint density at radius 3 is 2.65 bits per heavy atom. The molecule has 0 aliphatic carbocycles. The number of aromatic nitrogens is 4. The Morgan fingerprint density at radius 2 is 1.94 bits per heavy atom. The SMILES string of the molecule is CC(C)CNS(=O)(=O)c1ccc(CNC(=O)OCCCCn2cnc3c(N)nc(Cl)nc32)cc1. The quantitative estimate of drug-likeness (QED) is 0.263. The van der Waals surface area contributed by atoms with E-state index in [1.165, 1.54) is 12.1 Å². The van der Waals surface area contributed by atoms with Crippen molar-refractivity contribution in [2.45, 2.75) is 44.7 Å². The number of nitrogens with one attached hydrogen (secondary N) is 2. The van der Waals surface area contributed by atoms with E-state index >= 15 is 0 Å². The number of benzene rings is 1. The van der Waals surface area contributed by atoms with E-state index in [4.69, 9.17) is 22.1 Å². The number of amides is 1. The van der Waals surface area contributed by atoms with Crippen LogP contribution >= 0.6 is 11.6 Å². The molecular weight excluding hydrogens is 482 g/mol. The maximum absolute atomic E-state index is 12.2. The Balaban J connectivity index is 1.37. The van der Waals surface area contributed by atoms with Gasteiger partial charge in [0.1, 0.15) is 5.52 Å². The normalized spacial score (nSPS) is 11.8. The first-order chi connectivity index (χ1) is 16.2. The van der Waals surface area contributed by atoms with Crippen LogP contribution < -0.4 is 15.8 Å². The van der Waals surface area contributed by atoms with Gasteiger partial charge in [-0.25, -0.2) is 22.9 Å². The summed E-state index contributed by atoms with van der Waals surface area (Å²) < 4.78 is 34.0. The van der Waals surface area contributed by atoms with E-state index in [1.54, 1.807) is 18.5 Å². The summed E-state index contributed by atoms with van der Waals surface area (Å²) in [6.07, 6.45) is 2.44. The number of hydrogen-bond donors (Lipinski definition) is 3. The fraction of sp³-hybridized carbons (Fsp3) is 0.429. The molecule has 0 aliphatic heterocycles. The summed E-state index contributed by atoms with van der Waals surface area (Å²) in [5.74, 6) is 0.441. The number of carbonyl (C=O) groups excluding carboxylic acids is 1. The first kappa shape index (κ1) is 25.7. The first-order valence-corrected chi connectivity index (χ1v) is 12.6. The monoisotopic (exact) mass is 509 g/mol. The maximum atomic E-state index is 12.2. The molecule has 0 bridgehead atoms. The number of unbranched alkanes of at least 4 members (excludes halogenated alkanes) is 1. The van der Waals surface area contributed by atoms with Crippen molar-refractivity contribution in [2.75, 3.05) is 18.9 Å². The minimum Gasteiger partial charge on any atom is -0.450 e. The fourth-order valence-electron chi connectivity index (χ4n) is 3.02. The number of imidazole rings is 1. The van der Waals surface area contributed by atoms with E-state index in [-0.39, 0.29) is 35.1 Å². The average molecular weight is 510 g/mol. The van der Waals surface area contributed by atoms with Gasteiger partial charge in [0.15, 0.2) is 11.5 Å². The van der Waals surface area contributed by atoms with Crippen LogP contribution in [0.15, 0.2) is 35.5 Å². The zero-order valence-corrected chi connectivity index (χ0v) is 20.6. The number of ether oxygens (including phenoxy) is 1. The molecular formula is C21H28ClN7O4S. The molecule has 0 fully saturated rings. The molecule has 0 aliphatic rings. The van der Waals surface area contributed by atoms with Gasteiger partial charge in [-0.15, -0.1) is 0 Å². The van der Waals surface area contributed by atoms with Gasteiger partial charge in [0, 0.05) is 19.6 Å². The Morgan fingerprint density at radius 1 is 1.21 bits per heavy atom. The Labute approximate surface area is 203 Å². The molecule has 11 nitrogen and oxygen atoms in total. The number of aryl methyl sites for hydroxylation is 1. The molecule has 13 heteroatoms. The number of fused-ring (bicyclic) bond motifs is 1. The van der Waals surface area contributed by atoms with Crippen LogP contribution in [0.5, 0.6) is 0 Å². The van der Waals surface area contributed by atoms with Crippen molar-refractivity contribution in [3.8, 4) is 0 Å². The van der Waals surface area contributed by atoms with Crippen molar-refractivity contribution in [2.24, 2.45) is 5.92 Å².